The van der Waals surface area contributed by atoms with Crippen molar-refractivity contribution in [2.45, 2.75) is 57.4 Å². The van der Waals surface area contributed by atoms with Gasteiger partial charge in [-0.05, 0) is 56.3 Å². The molecule has 0 aliphatic heterocycles. The number of nitrogens with zero attached hydrogens (tertiary/aromatic N) is 1. The Morgan fingerprint density at radius 2 is 1.60 bits per heavy atom. The van der Waals surface area contributed by atoms with E-state index in [2.05, 4.69) is 0 Å². The SMILES string of the molecule is COC(=O)CCN(C(C)=O)C12CC3CC(CC(C3)C1)C2. The summed E-state index contributed by atoms with van der Waals surface area (Å²) >= 11 is 0. The standard InChI is InChI=1S/C16H25NO3/c1-11(18)17(4-3-15(19)20-2)16-8-12-5-13(9-16)7-14(6-12)10-16/h12-14H,3-10H2,1-2H3. The zero-order valence-corrected chi connectivity index (χ0v) is 12.6. The molecule has 4 aliphatic carbocycles. The van der Waals surface area contributed by atoms with Gasteiger partial charge in [0.25, 0.3) is 0 Å². The van der Waals surface area contributed by atoms with E-state index in [-0.39, 0.29) is 17.4 Å². The summed E-state index contributed by atoms with van der Waals surface area (Å²) in [7, 11) is 1.41. The van der Waals surface area contributed by atoms with Gasteiger partial charge < -0.3 is 9.64 Å². The van der Waals surface area contributed by atoms with Gasteiger partial charge in [0, 0.05) is 19.0 Å². The molecule has 0 atom stereocenters. The number of amides is 1. The Morgan fingerprint density at radius 3 is 2.00 bits per heavy atom. The van der Waals surface area contributed by atoms with Crippen LogP contribution in [0.3, 0.4) is 0 Å². The molecule has 4 nitrogen and oxygen atoms in total. The first-order valence-corrected chi connectivity index (χ1v) is 7.87. The first-order valence-electron chi connectivity index (χ1n) is 7.87. The molecule has 4 saturated carbocycles. The van der Waals surface area contributed by atoms with Gasteiger partial charge in [0.1, 0.15) is 0 Å². The highest BCUT2D eigenvalue weighted by atomic mass is 16.5. The Hall–Kier alpha value is -1.06. The zero-order valence-electron chi connectivity index (χ0n) is 12.6. The summed E-state index contributed by atoms with van der Waals surface area (Å²) in [6.07, 6.45) is 7.86. The van der Waals surface area contributed by atoms with Crippen LogP contribution >= 0.6 is 0 Å². The molecule has 4 heteroatoms. The molecule has 4 bridgehead atoms. The van der Waals surface area contributed by atoms with Crippen LogP contribution in [0.1, 0.15) is 51.9 Å². The molecule has 4 aliphatic rings. The average Bonchev–Trinajstić information content (AvgIpc) is 2.36. The number of carbonyl (C=O) groups is 2. The maximum absolute atomic E-state index is 12.1. The van der Waals surface area contributed by atoms with Crippen molar-refractivity contribution in [3.63, 3.8) is 0 Å². The number of hydrogen-bond acceptors (Lipinski definition) is 3. The molecular formula is C16H25NO3. The number of carbonyl (C=O) groups excluding carboxylic acids is 2. The van der Waals surface area contributed by atoms with Gasteiger partial charge in [-0.1, -0.05) is 0 Å². The van der Waals surface area contributed by atoms with Crippen LogP contribution in [0.15, 0.2) is 0 Å². The minimum Gasteiger partial charge on any atom is -0.469 e. The molecule has 4 rings (SSSR count). The predicted molar refractivity (Wildman–Crippen MR) is 74.9 cm³/mol. The Balaban J connectivity index is 1.76. The lowest BCUT2D eigenvalue weighted by Gasteiger charge is -2.60. The summed E-state index contributed by atoms with van der Waals surface area (Å²) in [5.41, 5.74) is 0.0502. The maximum atomic E-state index is 12.1. The van der Waals surface area contributed by atoms with Crippen molar-refractivity contribution in [2.24, 2.45) is 17.8 Å². The molecule has 4 fully saturated rings. The first kappa shape index (κ1) is 13.9. The lowest BCUT2D eigenvalue weighted by Crippen LogP contribution is -2.61. The number of esters is 1. The smallest absolute Gasteiger partial charge is 0.307 e. The molecule has 0 spiro atoms. The molecule has 1 amide bonds. The highest BCUT2D eigenvalue weighted by Gasteiger charge is 2.54. The van der Waals surface area contributed by atoms with Crippen molar-refractivity contribution in [2.75, 3.05) is 13.7 Å². The van der Waals surface area contributed by atoms with Crippen molar-refractivity contribution >= 4 is 11.9 Å². The summed E-state index contributed by atoms with van der Waals surface area (Å²) in [5.74, 6) is 2.32. The van der Waals surface area contributed by atoms with Gasteiger partial charge in [0.2, 0.25) is 5.91 Å². The molecule has 112 valence electrons. The lowest BCUT2D eigenvalue weighted by atomic mass is 9.52. The van der Waals surface area contributed by atoms with Crippen LogP contribution in [0.4, 0.5) is 0 Å². The Bertz CT molecular complexity index is 383. The molecule has 0 heterocycles. The van der Waals surface area contributed by atoms with E-state index < -0.39 is 0 Å². The number of hydrogen-bond donors (Lipinski definition) is 0. The first-order chi connectivity index (χ1) is 9.52. The molecule has 20 heavy (non-hydrogen) atoms. The molecule has 0 radical (unpaired) electrons. The Morgan fingerprint density at radius 1 is 1.10 bits per heavy atom. The van der Waals surface area contributed by atoms with Crippen LogP contribution in [0.25, 0.3) is 0 Å². The fourth-order valence-electron chi connectivity index (χ4n) is 5.43. The summed E-state index contributed by atoms with van der Waals surface area (Å²) < 4.78 is 4.72. The number of ether oxygens (including phenoxy) is 1. The number of rotatable bonds is 4. The maximum Gasteiger partial charge on any atom is 0.307 e. The van der Waals surface area contributed by atoms with Crippen LogP contribution in [-0.2, 0) is 14.3 Å². The Labute approximate surface area is 120 Å². The molecular weight excluding hydrogens is 254 g/mol. The molecule has 0 unspecified atom stereocenters. The predicted octanol–water partition coefficient (Wildman–Crippen LogP) is 2.37. The van der Waals surface area contributed by atoms with Gasteiger partial charge >= 0.3 is 5.97 Å². The lowest BCUT2D eigenvalue weighted by molar-refractivity contribution is -0.151. The minimum atomic E-state index is -0.221. The molecule has 0 N–H and O–H groups in total. The second-order valence-electron chi connectivity index (χ2n) is 7.14. The van der Waals surface area contributed by atoms with E-state index in [1.54, 1.807) is 6.92 Å². The average molecular weight is 279 g/mol. The van der Waals surface area contributed by atoms with E-state index >= 15 is 0 Å². The van der Waals surface area contributed by atoms with E-state index in [0.29, 0.717) is 13.0 Å². The third-order valence-corrected chi connectivity index (χ3v) is 5.73. The van der Waals surface area contributed by atoms with Crippen molar-refractivity contribution in [1.82, 2.24) is 4.90 Å². The highest BCUT2D eigenvalue weighted by Crippen LogP contribution is 2.57. The van der Waals surface area contributed by atoms with Crippen LogP contribution < -0.4 is 0 Å². The third-order valence-electron chi connectivity index (χ3n) is 5.73. The van der Waals surface area contributed by atoms with Crippen LogP contribution in [0, 0.1) is 17.8 Å². The normalized spacial score (nSPS) is 37.8. The monoisotopic (exact) mass is 279 g/mol. The van der Waals surface area contributed by atoms with Crippen molar-refractivity contribution in [3.8, 4) is 0 Å². The summed E-state index contributed by atoms with van der Waals surface area (Å²) in [4.78, 5) is 25.5. The molecule has 0 aromatic heterocycles. The molecule has 0 saturated heterocycles. The second kappa shape index (κ2) is 5.05. The van der Waals surface area contributed by atoms with Gasteiger partial charge in [-0.25, -0.2) is 0 Å². The molecule has 0 aromatic carbocycles. The van der Waals surface area contributed by atoms with Crippen LogP contribution in [-0.4, -0.2) is 36.0 Å². The largest absolute Gasteiger partial charge is 0.469 e. The van der Waals surface area contributed by atoms with Crippen LogP contribution in [0.2, 0.25) is 0 Å². The van der Waals surface area contributed by atoms with E-state index in [0.717, 1.165) is 37.0 Å². The fourth-order valence-corrected chi connectivity index (χ4v) is 5.43. The number of methoxy groups -OCH3 is 1. The van der Waals surface area contributed by atoms with E-state index in [1.165, 1.54) is 26.4 Å². The van der Waals surface area contributed by atoms with E-state index in [9.17, 15) is 9.59 Å². The van der Waals surface area contributed by atoms with Gasteiger partial charge in [-0.15, -0.1) is 0 Å². The van der Waals surface area contributed by atoms with E-state index in [4.69, 9.17) is 4.74 Å². The summed E-state index contributed by atoms with van der Waals surface area (Å²) in [5, 5.41) is 0. The highest BCUT2D eigenvalue weighted by molar-refractivity contribution is 5.76. The minimum absolute atomic E-state index is 0.0502. The van der Waals surface area contributed by atoms with Gasteiger partial charge in [0.15, 0.2) is 0 Å². The van der Waals surface area contributed by atoms with Gasteiger partial charge in [-0.2, -0.15) is 0 Å². The topological polar surface area (TPSA) is 46.6 Å². The fraction of sp³-hybridized carbons (Fsp3) is 0.875. The summed E-state index contributed by atoms with van der Waals surface area (Å²) in [6, 6.07) is 0. The van der Waals surface area contributed by atoms with E-state index in [1.807, 2.05) is 4.90 Å². The van der Waals surface area contributed by atoms with Gasteiger partial charge in [-0.3, -0.25) is 9.59 Å². The quantitative estimate of drug-likeness (QED) is 0.742. The van der Waals surface area contributed by atoms with Crippen molar-refractivity contribution in [3.05, 3.63) is 0 Å². The van der Waals surface area contributed by atoms with Crippen LogP contribution in [0.5, 0.6) is 0 Å². The van der Waals surface area contributed by atoms with Crippen molar-refractivity contribution in [1.29, 1.82) is 0 Å². The van der Waals surface area contributed by atoms with Gasteiger partial charge in [0.05, 0.1) is 13.5 Å². The summed E-state index contributed by atoms with van der Waals surface area (Å²) in [6.45, 7) is 2.17. The Kier molecular flexibility index (Phi) is 3.51. The van der Waals surface area contributed by atoms with Crippen molar-refractivity contribution < 1.29 is 14.3 Å². The third kappa shape index (κ3) is 2.33. The molecule has 0 aromatic rings. The second-order valence-corrected chi connectivity index (χ2v) is 7.14. The zero-order chi connectivity index (χ0) is 14.3.